The molecule has 0 N–H and O–H groups in total. The summed E-state index contributed by atoms with van der Waals surface area (Å²) in [5.41, 5.74) is 0.732. The average Bonchev–Trinajstić information content (AvgIpc) is 2.96. The molecular weight excluding hydrogens is 286 g/mol. The third-order valence-corrected chi connectivity index (χ3v) is 5.05. The van der Waals surface area contributed by atoms with Crippen LogP contribution in [0.2, 0.25) is 0 Å². The highest BCUT2D eigenvalue weighted by Crippen LogP contribution is 2.32. The molecule has 1 fully saturated rings. The average molecular weight is 309 g/mol. The van der Waals surface area contributed by atoms with Crippen LogP contribution in [0.15, 0.2) is 11.4 Å². The van der Waals surface area contributed by atoms with E-state index >= 15 is 0 Å². The number of rotatable bonds is 6. The molecule has 0 bridgehead atoms. The van der Waals surface area contributed by atoms with Crippen molar-refractivity contribution >= 4 is 29.2 Å². The lowest BCUT2D eigenvalue weighted by Gasteiger charge is -2.31. The van der Waals surface area contributed by atoms with Gasteiger partial charge < -0.3 is 9.64 Å². The molecule has 1 aromatic rings. The van der Waals surface area contributed by atoms with E-state index in [9.17, 15) is 9.59 Å². The van der Waals surface area contributed by atoms with E-state index in [0.29, 0.717) is 23.9 Å². The topological polar surface area (TPSA) is 46.6 Å². The van der Waals surface area contributed by atoms with Crippen LogP contribution in [0, 0.1) is 11.8 Å². The van der Waals surface area contributed by atoms with E-state index in [1.54, 1.807) is 12.0 Å². The second kappa shape index (κ2) is 7.71. The minimum absolute atomic E-state index is 0.0810. The van der Waals surface area contributed by atoms with Gasteiger partial charge >= 0.3 is 0 Å². The molecule has 0 unspecified atom stereocenters. The van der Waals surface area contributed by atoms with Crippen molar-refractivity contribution in [1.29, 1.82) is 0 Å². The number of carbonyl (C=O) groups is 2. The predicted molar refractivity (Wildman–Crippen MR) is 85.1 cm³/mol. The molecule has 0 spiro atoms. The molecule has 4 nitrogen and oxygen atoms in total. The van der Waals surface area contributed by atoms with Gasteiger partial charge in [-0.05, 0) is 43.0 Å². The van der Waals surface area contributed by atoms with Crippen LogP contribution in [0.3, 0.4) is 0 Å². The number of thiophene rings is 1. The second-order valence-corrected chi connectivity index (χ2v) is 6.68. The summed E-state index contributed by atoms with van der Waals surface area (Å²) >= 11 is 1.37. The van der Waals surface area contributed by atoms with E-state index < -0.39 is 0 Å². The van der Waals surface area contributed by atoms with Crippen molar-refractivity contribution in [3.05, 3.63) is 16.3 Å². The summed E-state index contributed by atoms with van der Waals surface area (Å²) in [7, 11) is 1.62. The Hall–Kier alpha value is -1.20. The molecule has 0 radical (unpaired) electrons. The van der Waals surface area contributed by atoms with Gasteiger partial charge in [0.15, 0.2) is 6.29 Å². The van der Waals surface area contributed by atoms with E-state index in [0.717, 1.165) is 37.7 Å². The normalized spacial score (nSPS) is 22.0. The number of hydrogen-bond acceptors (Lipinski definition) is 4. The first-order valence-corrected chi connectivity index (χ1v) is 8.38. The smallest absolute Gasteiger partial charge is 0.230 e. The van der Waals surface area contributed by atoms with Crippen LogP contribution in [-0.4, -0.2) is 32.5 Å². The molecule has 1 amide bonds. The Bertz CT molecular complexity index is 478. The van der Waals surface area contributed by atoms with Crippen LogP contribution in [0.5, 0.6) is 0 Å². The largest absolute Gasteiger partial charge is 0.383 e. The molecule has 116 valence electrons. The van der Waals surface area contributed by atoms with E-state index in [1.165, 1.54) is 11.3 Å². The molecule has 1 heterocycles. The van der Waals surface area contributed by atoms with Gasteiger partial charge in [0.05, 0.1) is 17.2 Å². The van der Waals surface area contributed by atoms with Gasteiger partial charge in [-0.2, -0.15) is 0 Å². The maximum absolute atomic E-state index is 12.8. The summed E-state index contributed by atoms with van der Waals surface area (Å²) in [6.45, 7) is 3.22. The van der Waals surface area contributed by atoms with Crippen molar-refractivity contribution < 1.29 is 14.3 Å². The number of ether oxygens (including phenoxy) is 1. The van der Waals surface area contributed by atoms with Crippen molar-refractivity contribution in [3.63, 3.8) is 0 Å². The summed E-state index contributed by atoms with van der Waals surface area (Å²) < 4.78 is 5.12. The number of hydrogen-bond donors (Lipinski definition) is 0. The molecule has 1 saturated carbocycles. The Labute approximate surface area is 130 Å². The summed E-state index contributed by atoms with van der Waals surface area (Å²) in [4.78, 5) is 26.3. The molecule has 2 rings (SSSR count). The van der Waals surface area contributed by atoms with Crippen LogP contribution in [0.25, 0.3) is 0 Å². The highest BCUT2D eigenvalue weighted by Gasteiger charge is 2.29. The zero-order chi connectivity index (χ0) is 15.2. The molecule has 1 aliphatic rings. The molecule has 1 aliphatic carbocycles. The number of nitrogens with zero attached hydrogens (tertiary/aromatic N) is 1. The zero-order valence-electron chi connectivity index (χ0n) is 12.7. The molecule has 0 aromatic carbocycles. The van der Waals surface area contributed by atoms with Gasteiger partial charge in [-0.1, -0.05) is 6.92 Å². The van der Waals surface area contributed by atoms with E-state index in [2.05, 4.69) is 6.92 Å². The van der Waals surface area contributed by atoms with Crippen molar-refractivity contribution in [2.45, 2.75) is 32.6 Å². The van der Waals surface area contributed by atoms with Crippen molar-refractivity contribution in [2.75, 3.05) is 25.2 Å². The van der Waals surface area contributed by atoms with Gasteiger partial charge in [-0.25, -0.2) is 0 Å². The standard InChI is InChI=1S/C16H23NO3S/c1-12-3-5-13(6-4-12)16(19)17(8-9-20-2)14-7-10-21-15(14)11-18/h7,10-13H,3-6,8-9H2,1-2H3. The Kier molecular flexibility index (Phi) is 5.94. The van der Waals surface area contributed by atoms with Gasteiger partial charge in [0, 0.05) is 19.6 Å². The quantitative estimate of drug-likeness (QED) is 0.757. The maximum Gasteiger partial charge on any atom is 0.230 e. The first-order valence-electron chi connectivity index (χ1n) is 7.50. The first kappa shape index (κ1) is 16.2. The van der Waals surface area contributed by atoms with Crippen LogP contribution < -0.4 is 4.90 Å². The van der Waals surface area contributed by atoms with Gasteiger partial charge in [0.25, 0.3) is 0 Å². The molecule has 21 heavy (non-hydrogen) atoms. The maximum atomic E-state index is 12.8. The highest BCUT2D eigenvalue weighted by atomic mass is 32.1. The van der Waals surface area contributed by atoms with Crippen LogP contribution in [-0.2, 0) is 9.53 Å². The van der Waals surface area contributed by atoms with Crippen LogP contribution in [0.1, 0.15) is 42.3 Å². The van der Waals surface area contributed by atoms with Gasteiger partial charge in [-0.3, -0.25) is 9.59 Å². The Morgan fingerprint density at radius 1 is 1.43 bits per heavy atom. The summed E-state index contributed by atoms with van der Waals surface area (Å²) in [5.74, 6) is 0.936. The zero-order valence-corrected chi connectivity index (χ0v) is 13.5. The van der Waals surface area contributed by atoms with Crippen molar-refractivity contribution in [1.82, 2.24) is 0 Å². The minimum atomic E-state index is 0.0810. The number of anilines is 1. The lowest BCUT2D eigenvalue weighted by Crippen LogP contribution is -2.40. The molecule has 0 aliphatic heterocycles. The van der Waals surface area contributed by atoms with Crippen LogP contribution >= 0.6 is 11.3 Å². The summed E-state index contributed by atoms with van der Waals surface area (Å²) in [6.07, 6.45) is 4.95. The minimum Gasteiger partial charge on any atom is -0.383 e. The van der Waals surface area contributed by atoms with E-state index in [4.69, 9.17) is 4.74 Å². The monoisotopic (exact) mass is 309 g/mol. The number of methoxy groups -OCH3 is 1. The Balaban J connectivity index is 2.15. The Morgan fingerprint density at radius 3 is 2.76 bits per heavy atom. The number of amides is 1. The summed E-state index contributed by atoms with van der Waals surface area (Å²) in [5, 5.41) is 1.86. The third kappa shape index (κ3) is 3.92. The molecule has 1 aromatic heterocycles. The molecular formula is C16H23NO3S. The van der Waals surface area contributed by atoms with E-state index in [1.807, 2.05) is 11.4 Å². The lowest BCUT2D eigenvalue weighted by atomic mass is 9.82. The van der Waals surface area contributed by atoms with Gasteiger partial charge in [0.2, 0.25) is 5.91 Å². The SMILES string of the molecule is COCCN(C(=O)C1CCC(C)CC1)c1ccsc1C=O. The Morgan fingerprint density at radius 2 is 2.14 bits per heavy atom. The second-order valence-electron chi connectivity index (χ2n) is 5.73. The predicted octanol–water partition coefficient (Wildman–Crippen LogP) is 3.37. The van der Waals surface area contributed by atoms with Crippen LogP contribution in [0.4, 0.5) is 5.69 Å². The van der Waals surface area contributed by atoms with Gasteiger partial charge in [0.1, 0.15) is 0 Å². The molecule has 5 heteroatoms. The number of carbonyl (C=O) groups excluding carboxylic acids is 2. The first-order chi connectivity index (χ1) is 10.2. The molecule has 0 saturated heterocycles. The van der Waals surface area contributed by atoms with Crippen molar-refractivity contribution in [2.24, 2.45) is 11.8 Å². The fourth-order valence-electron chi connectivity index (χ4n) is 2.88. The van der Waals surface area contributed by atoms with Gasteiger partial charge in [-0.15, -0.1) is 11.3 Å². The summed E-state index contributed by atoms with van der Waals surface area (Å²) in [6, 6.07) is 1.85. The van der Waals surface area contributed by atoms with Crippen molar-refractivity contribution in [3.8, 4) is 0 Å². The fraction of sp³-hybridized carbons (Fsp3) is 0.625. The molecule has 0 atom stereocenters. The third-order valence-electron chi connectivity index (χ3n) is 4.22. The van der Waals surface area contributed by atoms with E-state index in [-0.39, 0.29) is 11.8 Å². The highest BCUT2D eigenvalue weighted by molar-refractivity contribution is 7.12. The lowest BCUT2D eigenvalue weighted by molar-refractivity contribution is -0.123. The number of aldehydes is 1. The fourth-order valence-corrected chi connectivity index (χ4v) is 3.58.